The summed E-state index contributed by atoms with van der Waals surface area (Å²) in [7, 11) is 0. The lowest BCUT2D eigenvalue weighted by Crippen LogP contribution is -2.12. The number of rotatable bonds is 4. The van der Waals surface area contributed by atoms with Gasteiger partial charge in [-0.15, -0.1) is 34.8 Å². The first kappa shape index (κ1) is 10.9. The van der Waals surface area contributed by atoms with Gasteiger partial charge in [0.15, 0.2) is 0 Å². The van der Waals surface area contributed by atoms with Gasteiger partial charge >= 0.3 is 0 Å². The van der Waals surface area contributed by atoms with E-state index in [0.29, 0.717) is 0 Å². The van der Waals surface area contributed by atoms with E-state index in [-0.39, 0.29) is 16.1 Å². The fourth-order valence-corrected chi connectivity index (χ4v) is 0.997. The first-order valence-electron chi connectivity index (χ1n) is 3.46. The summed E-state index contributed by atoms with van der Waals surface area (Å²) in [6, 6.07) is 0. The maximum atomic E-state index is 5.87. The maximum Gasteiger partial charge on any atom is 0.0497 e. The van der Waals surface area contributed by atoms with Gasteiger partial charge in [-0.3, -0.25) is 0 Å². The van der Waals surface area contributed by atoms with Crippen LogP contribution in [0.15, 0.2) is 0 Å². The van der Waals surface area contributed by atoms with Gasteiger partial charge in [0.25, 0.3) is 0 Å². The summed E-state index contributed by atoms with van der Waals surface area (Å²) in [6.07, 6.45) is 1.84. The Balaban J connectivity index is 3.30. The van der Waals surface area contributed by atoms with Crippen molar-refractivity contribution < 1.29 is 0 Å². The minimum Gasteiger partial charge on any atom is -0.123 e. The highest BCUT2D eigenvalue weighted by atomic mass is 35.5. The van der Waals surface area contributed by atoms with E-state index in [2.05, 4.69) is 0 Å². The van der Waals surface area contributed by atoms with Crippen molar-refractivity contribution in [2.24, 2.45) is 0 Å². The molecule has 0 aromatic carbocycles. The normalized spacial score (nSPS) is 20.1. The van der Waals surface area contributed by atoms with Crippen LogP contribution in [0, 0.1) is 0 Å². The molecular weight excluding hydrogens is 190 g/mol. The van der Waals surface area contributed by atoms with E-state index in [0.717, 1.165) is 12.8 Å². The Kier molecular flexibility index (Phi) is 5.99. The van der Waals surface area contributed by atoms with E-state index in [4.69, 9.17) is 34.8 Å². The number of halogens is 3. The third kappa shape index (κ3) is 5.64. The molecule has 3 atom stereocenters. The summed E-state index contributed by atoms with van der Waals surface area (Å²) < 4.78 is 0. The lowest BCUT2D eigenvalue weighted by molar-refractivity contribution is 0.672. The van der Waals surface area contributed by atoms with E-state index >= 15 is 0 Å². The molecule has 62 valence electrons. The highest BCUT2D eigenvalue weighted by Gasteiger charge is 2.11. The second-order valence-electron chi connectivity index (χ2n) is 2.55. The summed E-state index contributed by atoms with van der Waals surface area (Å²) >= 11 is 17.3. The van der Waals surface area contributed by atoms with Crippen LogP contribution >= 0.6 is 34.8 Å². The molecule has 0 saturated carbocycles. The lowest BCUT2D eigenvalue weighted by Gasteiger charge is -2.11. The molecule has 0 spiro atoms. The van der Waals surface area contributed by atoms with Crippen LogP contribution in [0.3, 0.4) is 0 Å². The summed E-state index contributed by atoms with van der Waals surface area (Å²) in [6.45, 7) is 3.86. The SMILES string of the molecule is CC(Cl)CCC(Cl)C(C)Cl. The maximum absolute atomic E-state index is 5.87. The molecule has 0 aliphatic heterocycles. The van der Waals surface area contributed by atoms with Crippen molar-refractivity contribution >= 4 is 34.8 Å². The zero-order chi connectivity index (χ0) is 8.15. The average molecular weight is 204 g/mol. The van der Waals surface area contributed by atoms with Crippen LogP contribution in [0.5, 0.6) is 0 Å². The van der Waals surface area contributed by atoms with Crippen molar-refractivity contribution in [2.45, 2.75) is 42.8 Å². The summed E-state index contributed by atoms with van der Waals surface area (Å²) in [5.74, 6) is 0. The highest BCUT2D eigenvalue weighted by molar-refractivity contribution is 6.29. The van der Waals surface area contributed by atoms with Crippen molar-refractivity contribution in [1.29, 1.82) is 0 Å². The Morgan fingerprint density at radius 2 is 1.50 bits per heavy atom. The molecule has 3 heteroatoms. The Morgan fingerprint density at radius 1 is 1.00 bits per heavy atom. The molecule has 3 unspecified atom stereocenters. The quantitative estimate of drug-likeness (QED) is 0.612. The van der Waals surface area contributed by atoms with Crippen LogP contribution < -0.4 is 0 Å². The van der Waals surface area contributed by atoms with Crippen LogP contribution in [-0.4, -0.2) is 16.1 Å². The molecule has 0 fully saturated rings. The fraction of sp³-hybridized carbons (Fsp3) is 1.00. The molecule has 0 aromatic rings. The monoisotopic (exact) mass is 202 g/mol. The van der Waals surface area contributed by atoms with Crippen LogP contribution in [0.4, 0.5) is 0 Å². The Hall–Kier alpha value is 0.870. The van der Waals surface area contributed by atoms with Gasteiger partial charge in [-0.2, -0.15) is 0 Å². The molecule has 0 rings (SSSR count). The molecule has 0 heterocycles. The molecule has 0 aliphatic carbocycles. The van der Waals surface area contributed by atoms with Crippen molar-refractivity contribution in [2.75, 3.05) is 0 Å². The highest BCUT2D eigenvalue weighted by Crippen LogP contribution is 2.17. The van der Waals surface area contributed by atoms with E-state index in [9.17, 15) is 0 Å². The predicted octanol–water partition coefficient (Wildman–Crippen LogP) is 3.63. The molecule has 0 radical (unpaired) electrons. The van der Waals surface area contributed by atoms with Crippen molar-refractivity contribution in [3.63, 3.8) is 0 Å². The van der Waals surface area contributed by atoms with Crippen molar-refractivity contribution in [1.82, 2.24) is 0 Å². The number of alkyl halides is 3. The Bertz CT molecular complexity index is 80.9. The molecule has 0 N–H and O–H groups in total. The van der Waals surface area contributed by atoms with E-state index in [1.807, 2.05) is 13.8 Å². The van der Waals surface area contributed by atoms with Crippen LogP contribution in [0.2, 0.25) is 0 Å². The molecule has 0 amide bonds. The molecule has 0 nitrogen and oxygen atoms in total. The van der Waals surface area contributed by atoms with Gasteiger partial charge in [0.05, 0.1) is 0 Å². The minimum atomic E-state index is 0.0390. The molecule has 0 bridgehead atoms. The summed E-state index contributed by atoms with van der Waals surface area (Å²) in [4.78, 5) is 0. The molecular formula is C7H13Cl3. The largest absolute Gasteiger partial charge is 0.123 e. The van der Waals surface area contributed by atoms with E-state index in [1.165, 1.54) is 0 Å². The number of hydrogen-bond donors (Lipinski definition) is 0. The Labute approximate surface area is 77.8 Å². The predicted molar refractivity (Wildman–Crippen MR) is 49.5 cm³/mol. The standard InChI is InChI=1S/C7H13Cl3/c1-5(8)3-4-7(10)6(2)9/h5-7H,3-4H2,1-2H3. The van der Waals surface area contributed by atoms with Gasteiger partial charge < -0.3 is 0 Å². The smallest absolute Gasteiger partial charge is 0.0497 e. The first-order valence-corrected chi connectivity index (χ1v) is 4.77. The van der Waals surface area contributed by atoms with Crippen molar-refractivity contribution in [3.05, 3.63) is 0 Å². The Morgan fingerprint density at radius 3 is 1.80 bits per heavy atom. The third-order valence-corrected chi connectivity index (χ3v) is 2.59. The van der Waals surface area contributed by atoms with E-state index in [1.54, 1.807) is 0 Å². The minimum absolute atomic E-state index is 0.0390. The van der Waals surface area contributed by atoms with Crippen molar-refractivity contribution in [3.8, 4) is 0 Å². The molecule has 0 saturated heterocycles. The topological polar surface area (TPSA) is 0 Å². The summed E-state index contributed by atoms with van der Waals surface area (Å²) in [5.41, 5.74) is 0. The van der Waals surface area contributed by atoms with Crippen LogP contribution in [0.25, 0.3) is 0 Å². The van der Waals surface area contributed by atoms with Gasteiger partial charge in [0.2, 0.25) is 0 Å². The van der Waals surface area contributed by atoms with E-state index < -0.39 is 0 Å². The lowest BCUT2D eigenvalue weighted by atomic mass is 10.1. The zero-order valence-electron chi connectivity index (χ0n) is 6.28. The van der Waals surface area contributed by atoms with Gasteiger partial charge in [-0.25, -0.2) is 0 Å². The van der Waals surface area contributed by atoms with Crippen LogP contribution in [-0.2, 0) is 0 Å². The molecule has 0 aliphatic rings. The average Bonchev–Trinajstić information content (AvgIpc) is 1.82. The van der Waals surface area contributed by atoms with Gasteiger partial charge in [-0.1, -0.05) is 0 Å². The zero-order valence-corrected chi connectivity index (χ0v) is 8.55. The number of hydrogen-bond acceptors (Lipinski definition) is 0. The van der Waals surface area contributed by atoms with Gasteiger partial charge in [0, 0.05) is 16.1 Å². The fourth-order valence-electron chi connectivity index (χ4n) is 0.619. The summed E-state index contributed by atoms with van der Waals surface area (Å²) in [5, 5.41) is 0.302. The molecule has 10 heavy (non-hydrogen) atoms. The first-order chi connectivity index (χ1) is 4.54. The van der Waals surface area contributed by atoms with Gasteiger partial charge in [0.1, 0.15) is 0 Å². The van der Waals surface area contributed by atoms with Gasteiger partial charge in [-0.05, 0) is 26.7 Å². The molecule has 0 aromatic heterocycles. The van der Waals surface area contributed by atoms with Crippen LogP contribution in [0.1, 0.15) is 26.7 Å². The second kappa shape index (κ2) is 5.51. The third-order valence-electron chi connectivity index (χ3n) is 1.34. The second-order valence-corrected chi connectivity index (χ2v) is 4.55.